The molecule has 1 aromatic carbocycles. The lowest BCUT2D eigenvalue weighted by atomic mass is 10.2. The highest BCUT2D eigenvalue weighted by Gasteiger charge is 2.20. The predicted octanol–water partition coefficient (Wildman–Crippen LogP) is 2.00. The number of amides is 1. The summed E-state index contributed by atoms with van der Waals surface area (Å²) < 4.78 is 39.0. The zero-order chi connectivity index (χ0) is 20.7. The second-order valence-electron chi connectivity index (χ2n) is 6.54. The van der Waals surface area contributed by atoms with Gasteiger partial charge in [0.25, 0.3) is 0 Å². The van der Waals surface area contributed by atoms with Crippen molar-refractivity contribution < 1.29 is 17.6 Å². The van der Waals surface area contributed by atoms with Crippen LogP contribution >= 0.6 is 0 Å². The van der Waals surface area contributed by atoms with E-state index in [4.69, 9.17) is 0 Å². The number of nitrogens with one attached hydrogen (secondary N) is 1. The van der Waals surface area contributed by atoms with Gasteiger partial charge in [0.1, 0.15) is 11.6 Å². The first kappa shape index (κ1) is 21.8. The Hall–Kier alpha value is -2.52. The fourth-order valence-corrected chi connectivity index (χ4v) is 3.83. The summed E-state index contributed by atoms with van der Waals surface area (Å²) in [5.74, 6) is 0.123. The minimum absolute atomic E-state index is 0.0219. The van der Waals surface area contributed by atoms with Crippen LogP contribution in [0.25, 0.3) is 0 Å². The molecule has 0 saturated carbocycles. The number of pyridine rings is 1. The fourth-order valence-electron chi connectivity index (χ4n) is 2.62. The highest BCUT2D eigenvalue weighted by molar-refractivity contribution is 7.89. The van der Waals surface area contributed by atoms with Crippen molar-refractivity contribution in [1.82, 2.24) is 14.6 Å². The van der Waals surface area contributed by atoms with Crippen molar-refractivity contribution >= 4 is 21.7 Å². The van der Waals surface area contributed by atoms with Crippen LogP contribution < -0.4 is 10.2 Å². The maximum Gasteiger partial charge on any atom is 0.242 e. The van der Waals surface area contributed by atoms with Crippen LogP contribution in [-0.4, -0.2) is 51.3 Å². The van der Waals surface area contributed by atoms with E-state index in [2.05, 4.69) is 10.3 Å². The first-order valence-electron chi connectivity index (χ1n) is 8.81. The number of sulfonamides is 1. The van der Waals surface area contributed by atoms with Crippen molar-refractivity contribution in [2.24, 2.45) is 0 Å². The van der Waals surface area contributed by atoms with Crippen LogP contribution in [0.4, 0.5) is 10.2 Å². The standard InChI is InChI=1S/C19H25FN4O3S/c1-23(2)19-15(6-4-12-21-19)14-22-18(25)7-5-13-24(3)28(26,27)17-10-8-16(20)9-11-17/h4,6,8-12H,5,7,13-14H2,1-3H3,(H,22,25). The van der Waals surface area contributed by atoms with Crippen LogP contribution in [-0.2, 0) is 21.4 Å². The van der Waals surface area contributed by atoms with Gasteiger partial charge in [0.05, 0.1) is 4.90 Å². The van der Waals surface area contributed by atoms with E-state index in [1.54, 1.807) is 6.20 Å². The largest absolute Gasteiger partial charge is 0.362 e. The fraction of sp³-hybridized carbons (Fsp3) is 0.368. The number of halogens is 1. The zero-order valence-electron chi connectivity index (χ0n) is 16.2. The number of carbonyl (C=O) groups is 1. The van der Waals surface area contributed by atoms with E-state index >= 15 is 0 Å². The van der Waals surface area contributed by atoms with Gasteiger partial charge in [-0.05, 0) is 36.8 Å². The molecule has 1 heterocycles. The molecule has 152 valence electrons. The van der Waals surface area contributed by atoms with Crippen LogP contribution in [0, 0.1) is 5.82 Å². The van der Waals surface area contributed by atoms with E-state index in [1.807, 2.05) is 31.1 Å². The molecule has 0 saturated heterocycles. The van der Waals surface area contributed by atoms with Gasteiger partial charge >= 0.3 is 0 Å². The second kappa shape index (κ2) is 9.61. The quantitative estimate of drug-likeness (QED) is 0.686. The molecule has 7 nitrogen and oxygen atoms in total. The number of anilines is 1. The number of carbonyl (C=O) groups excluding carboxylic acids is 1. The molecule has 9 heteroatoms. The molecule has 0 aliphatic heterocycles. The van der Waals surface area contributed by atoms with E-state index in [-0.39, 0.29) is 23.8 Å². The molecular formula is C19H25FN4O3S. The van der Waals surface area contributed by atoms with Gasteiger partial charge in [-0.15, -0.1) is 0 Å². The Kier molecular flexibility index (Phi) is 7.47. The summed E-state index contributed by atoms with van der Waals surface area (Å²) in [6.45, 7) is 0.535. The molecule has 28 heavy (non-hydrogen) atoms. The lowest BCUT2D eigenvalue weighted by molar-refractivity contribution is -0.121. The SMILES string of the molecule is CN(C)c1ncccc1CNC(=O)CCCN(C)S(=O)(=O)c1ccc(F)cc1. The Bertz CT molecular complexity index is 902. The molecule has 0 atom stereocenters. The minimum Gasteiger partial charge on any atom is -0.362 e. The van der Waals surface area contributed by atoms with Crippen molar-refractivity contribution in [2.45, 2.75) is 24.3 Å². The monoisotopic (exact) mass is 408 g/mol. The van der Waals surface area contributed by atoms with Crippen molar-refractivity contribution in [2.75, 3.05) is 32.6 Å². The highest BCUT2D eigenvalue weighted by atomic mass is 32.2. The van der Waals surface area contributed by atoms with Gasteiger partial charge < -0.3 is 10.2 Å². The van der Waals surface area contributed by atoms with Crippen LogP contribution in [0.1, 0.15) is 18.4 Å². The number of benzene rings is 1. The van der Waals surface area contributed by atoms with Crippen LogP contribution in [0.5, 0.6) is 0 Å². The molecule has 0 unspecified atom stereocenters. The third-order valence-corrected chi connectivity index (χ3v) is 6.04. The van der Waals surface area contributed by atoms with Gasteiger partial charge in [-0.25, -0.2) is 22.1 Å². The number of aromatic nitrogens is 1. The molecule has 0 radical (unpaired) electrons. The van der Waals surface area contributed by atoms with E-state index < -0.39 is 15.8 Å². The summed E-state index contributed by atoms with van der Waals surface area (Å²) in [6, 6.07) is 8.37. The van der Waals surface area contributed by atoms with Crippen molar-refractivity contribution in [3.05, 3.63) is 54.0 Å². The average Bonchev–Trinajstić information content (AvgIpc) is 2.66. The average molecular weight is 408 g/mol. The van der Waals surface area contributed by atoms with Gasteiger partial charge in [-0.2, -0.15) is 0 Å². The van der Waals surface area contributed by atoms with Crippen molar-refractivity contribution in [3.8, 4) is 0 Å². The normalized spacial score (nSPS) is 11.5. The molecule has 0 spiro atoms. The molecule has 2 rings (SSSR count). The first-order chi connectivity index (χ1) is 13.2. The molecule has 1 N–H and O–H groups in total. The topological polar surface area (TPSA) is 82.6 Å². The third-order valence-electron chi connectivity index (χ3n) is 4.17. The minimum atomic E-state index is -3.70. The van der Waals surface area contributed by atoms with Crippen molar-refractivity contribution in [3.63, 3.8) is 0 Å². The Morgan fingerprint density at radius 2 is 1.82 bits per heavy atom. The summed E-state index contributed by atoms with van der Waals surface area (Å²) in [7, 11) is 1.50. The Balaban J connectivity index is 1.83. The Morgan fingerprint density at radius 3 is 2.46 bits per heavy atom. The lowest BCUT2D eigenvalue weighted by Crippen LogP contribution is -2.30. The molecule has 2 aromatic rings. The summed E-state index contributed by atoms with van der Waals surface area (Å²) in [5.41, 5.74) is 0.900. The van der Waals surface area contributed by atoms with Gasteiger partial charge in [-0.3, -0.25) is 4.79 Å². The van der Waals surface area contributed by atoms with Gasteiger partial charge in [0.15, 0.2) is 0 Å². The zero-order valence-corrected chi connectivity index (χ0v) is 17.0. The Labute approximate surface area is 165 Å². The lowest BCUT2D eigenvalue weighted by Gasteiger charge is -2.17. The van der Waals surface area contributed by atoms with Crippen LogP contribution in [0.3, 0.4) is 0 Å². The van der Waals surface area contributed by atoms with Crippen molar-refractivity contribution in [1.29, 1.82) is 0 Å². The maximum absolute atomic E-state index is 13.0. The maximum atomic E-state index is 13.0. The summed E-state index contributed by atoms with van der Waals surface area (Å²) in [4.78, 5) is 18.3. The van der Waals surface area contributed by atoms with E-state index in [0.29, 0.717) is 13.0 Å². The molecule has 0 aliphatic rings. The summed E-state index contributed by atoms with van der Waals surface area (Å²) >= 11 is 0. The van der Waals surface area contributed by atoms with Gasteiger partial charge in [0, 0.05) is 52.4 Å². The van der Waals surface area contributed by atoms with E-state index in [9.17, 15) is 17.6 Å². The molecule has 0 fully saturated rings. The van der Waals surface area contributed by atoms with E-state index in [1.165, 1.54) is 23.5 Å². The third kappa shape index (κ3) is 5.74. The number of hydrogen-bond acceptors (Lipinski definition) is 5. The molecule has 0 aliphatic carbocycles. The summed E-state index contributed by atoms with van der Waals surface area (Å²) in [5, 5.41) is 2.83. The second-order valence-corrected chi connectivity index (χ2v) is 8.59. The predicted molar refractivity (Wildman–Crippen MR) is 106 cm³/mol. The molecule has 1 aromatic heterocycles. The number of nitrogens with zero attached hydrogens (tertiary/aromatic N) is 3. The molecule has 1 amide bonds. The summed E-state index contributed by atoms with van der Waals surface area (Å²) in [6.07, 6.45) is 2.26. The van der Waals surface area contributed by atoms with Crippen LogP contribution in [0.15, 0.2) is 47.5 Å². The van der Waals surface area contributed by atoms with Gasteiger partial charge in [0.2, 0.25) is 15.9 Å². The van der Waals surface area contributed by atoms with Crippen LogP contribution in [0.2, 0.25) is 0 Å². The number of rotatable bonds is 9. The highest BCUT2D eigenvalue weighted by Crippen LogP contribution is 2.16. The van der Waals surface area contributed by atoms with Gasteiger partial charge in [-0.1, -0.05) is 6.07 Å². The van der Waals surface area contributed by atoms with E-state index in [0.717, 1.165) is 23.5 Å². The molecular weight excluding hydrogens is 383 g/mol. The molecule has 0 bridgehead atoms. The smallest absolute Gasteiger partial charge is 0.242 e. The number of hydrogen-bond donors (Lipinski definition) is 1. The first-order valence-corrected chi connectivity index (χ1v) is 10.3. The Morgan fingerprint density at radius 1 is 1.14 bits per heavy atom.